The Labute approximate surface area is 101 Å². The molecule has 92 valence electrons. The number of amides is 1. The highest BCUT2D eigenvalue weighted by Crippen LogP contribution is 2.25. The molecule has 1 amide bonds. The van der Waals surface area contributed by atoms with Crippen molar-refractivity contribution in [2.24, 2.45) is 0 Å². The second-order valence-corrected chi connectivity index (χ2v) is 4.29. The van der Waals surface area contributed by atoms with Crippen LogP contribution in [0.2, 0.25) is 0 Å². The molecule has 1 aromatic carbocycles. The van der Waals surface area contributed by atoms with Crippen LogP contribution in [0.1, 0.15) is 18.4 Å². The summed E-state index contributed by atoms with van der Waals surface area (Å²) in [5.41, 5.74) is 1.08. The molecule has 1 atom stereocenters. The predicted molar refractivity (Wildman–Crippen MR) is 64.5 cm³/mol. The van der Waals surface area contributed by atoms with Gasteiger partial charge in [-0.25, -0.2) is 4.79 Å². The van der Waals surface area contributed by atoms with Crippen LogP contribution in [0.4, 0.5) is 4.79 Å². The molecule has 4 nitrogen and oxygen atoms in total. The normalized spacial score (nSPS) is 19.4. The van der Waals surface area contributed by atoms with Gasteiger partial charge in [0.25, 0.3) is 0 Å². The van der Waals surface area contributed by atoms with Gasteiger partial charge in [-0.15, -0.1) is 0 Å². The average molecular weight is 235 g/mol. The smallest absolute Gasteiger partial charge is 0.407 e. The van der Waals surface area contributed by atoms with E-state index in [4.69, 9.17) is 9.84 Å². The topological polar surface area (TPSA) is 49.8 Å². The van der Waals surface area contributed by atoms with Crippen molar-refractivity contribution in [3.8, 4) is 5.75 Å². The molecule has 4 heteroatoms. The Morgan fingerprint density at radius 1 is 1.53 bits per heavy atom. The van der Waals surface area contributed by atoms with Crippen molar-refractivity contribution in [2.45, 2.75) is 25.3 Å². The van der Waals surface area contributed by atoms with Crippen LogP contribution in [0.15, 0.2) is 24.3 Å². The Morgan fingerprint density at radius 2 is 2.29 bits per heavy atom. The number of hydrogen-bond donors (Lipinski definition) is 1. The Balaban J connectivity index is 2.12. The number of nitrogens with zero attached hydrogens (tertiary/aromatic N) is 1. The molecule has 0 spiro atoms. The Morgan fingerprint density at radius 3 is 3.00 bits per heavy atom. The maximum atomic E-state index is 11.1. The van der Waals surface area contributed by atoms with E-state index >= 15 is 0 Å². The van der Waals surface area contributed by atoms with Crippen molar-refractivity contribution in [2.75, 3.05) is 13.7 Å². The Hall–Kier alpha value is -1.71. The molecule has 1 saturated heterocycles. The van der Waals surface area contributed by atoms with E-state index in [1.165, 1.54) is 4.90 Å². The first-order valence-electron chi connectivity index (χ1n) is 5.84. The van der Waals surface area contributed by atoms with Crippen molar-refractivity contribution in [1.29, 1.82) is 0 Å². The summed E-state index contributed by atoms with van der Waals surface area (Å²) in [4.78, 5) is 12.6. The van der Waals surface area contributed by atoms with Crippen molar-refractivity contribution in [1.82, 2.24) is 4.90 Å². The second kappa shape index (κ2) is 5.08. The highest BCUT2D eigenvalue weighted by molar-refractivity contribution is 5.65. The highest BCUT2D eigenvalue weighted by atomic mass is 16.5. The monoisotopic (exact) mass is 235 g/mol. The molecule has 0 saturated carbocycles. The minimum absolute atomic E-state index is 0.0869. The van der Waals surface area contributed by atoms with Crippen LogP contribution >= 0.6 is 0 Å². The van der Waals surface area contributed by atoms with Crippen LogP contribution in [0, 0.1) is 0 Å². The maximum absolute atomic E-state index is 11.1. The quantitative estimate of drug-likeness (QED) is 0.875. The molecule has 0 radical (unpaired) electrons. The summed E-state index contributed by atoms with van der Waals surface area (Å²) in [7, 11) is 1.64. The predicted octanol–water partition coefficient (Wildman–Crippen LogP) is 2.38. The van der Waals surface area contributed by atoms with Gasteiger partial charge in [0.05, 0.1) is 7.11 Å². The molecule has 17 heavy (non-hydrogen) atoms. The lowest BCUT2D eigenvalue weighted by atomic mass is 10.0. The molecule has 1 heterocycles. The first-order valence-corrected chi connectivity index (χ1v) is 5.84. The number of carboxylic acid groups (broad SMARTS) is 1. The molecule has 1 fully saturated rings. The average Bonchev–Trinajstić information content (AvgIpc) is 2.78. The Bertz CT molecular complexity index is 405. The molecular weight excluding hydrogens is 218 g/mol. The number of benzene rings is 1. The van der Waals surface area contributed by atoms with Gasteiger partial charge < -0.3 is 14.7 Å². The summed E-state index contributed by atoms with van der Waals surface area (Å²) in [6, 6.07) is 7.87. The molecule has 1 N–H and O–H groups in total. The first kappa shape index (κ1) is 11.8. The first-order chi connectivity index (χ1) is 8.22. The van der Waals surface area contributed by atoms with Gasteiger partial charge in [0.2, 0.25) is 0 Å². The zero-order valence-corrected chi connectivity index (χ0v) is 9.93. The van der Waals surface area contributed by atoms with Gasteiger partial charge in [-0.1, -0.05) is 18.2 Å². The van der Waals surface area contributed by atoms with Crippen LogP contribution in [-0.4, -0.2) is 35.8 Å². The van der Waals surface area contributed by atoms with Crippen molar-refractivity contribution >= 4 is 6.09 Å². The fourth-order valence-electron chi connectivity index (χ4n) is 2.43. The number of hydrogen-bond acceptors (Lipinski definition) is 2. The van der Waals surface area contributed by atoms with E-state index in [0.717, 1.165) is 30.6 Å². The summed E-state index contributed by atoms with van der Waals surface area (Å²) >= 11 is 0. The Kier molecular flexibility index (Phi) is 3.52. The van der Waals surface area contributed by atoms with Crippen LogP contribution in [0.3, 0.4) is 0 Å². The van der Waals surface area contributed by atoms with Gasteiger partial charge in [0, 0.05) is 12.6 Å². The van der Waals surface area contributed by atoms with E-state index in [1.54, 1.807) is 7.11 Å². The molecule has 1 aromatic rings. The third-order valence-corrected chi connectivity index (χ3v) is 3.27. The summed E-state index contributed by atoms with van der Waals surface area (Å²) in [5, 5.41) is 9.08. The van der Waals surface area contributed by atoms with E-state index in [9.17, 15) is 4.79 Å². The lowest BCUT2D eigenvalue weighted by Gasteiger charge is -2.22. The van der Waals surface area contributed by atoms with Gasteiger partial charge >= 0.3 is 6.09 Å². The van der Waals surface area contributed by atoms with Gasteiger partial charge in [-0.05, 0) is 30.9 Å². The lowest BCUT2D eigenvalue weighted by Crippen LogP contribution is -2.35. The van der Waals surface area contributed by atoms with Crippen LogP contribution in [0.5, 0.6) is 5.75 Å². The van der Waals surface area contributed by atoms with Gasteiger partial charge in [0.15, 0.2) is 0 Å². The van der Waals surface area contributed by atoms with Crippen LogP contribution in [0.25, 0.3) is 0 Å². The minimum Gasteiger partial charge on any atom is -0.496 e. The number of methoxy groups -OCH3 is 1. The van der Waals surface area contributed by atoms with Crippen LogP contribution in [-0.2, 0) is 6.42 Å². The molecule has 0 aliphatic carbocycles. The molecular formula is C13H17NO3. The van der Waals surface area contributed by atoms with Crippen molar-refractivity contribution < 1.29 is 14.6 Å². The number of carbonyl (C=O) groups is 1. The molecule has 0 bridgehead atoms. The molecule has 1 aliphatic rings. The number of para-hydroxylation sites is 1. The minimum atomic E-state index is -0.817. The van der Waals surface area contributed by atoms with Crippen molar-refractivity contribution in [3.63, 3.8) is 0 Å². The van der Waals surface area contributed by atoms with E-state index in [-0.39, 0.29) is 6.04 Å². The van der Waals surface area contributed by atoms with Gasteiger partial charge in [-0.2, -0.15) is 0 Å². The fourth-order valence-corrected chi connectivity index (χ4v) is 2.43. The summed E-state index contributed by atoms with van der Waals surface area (Å²) in [6.07, 6.45) is 1.80. The van der Waals surface area contributed by atoms with Gasteiger partial charge in [-0.3, -0.25) is 0 Å². The third-order valence-electron chi connectivity index (χ3n) is 3.27. The third kappa shape index (κ3) is 2.52. The summed E-state index contributed by atoms with van der Waals surface area (Å²) < 4.78 is 5.29. The maximum Gasteiger partial charge on any atom is 0.407 e. The zero-order valence-electron chi connectivity index (χ0n) is 9.93. The van der Waals surface area contributed by atoms with E-state index < -0.39 is 6.09 Å². The highest BCUT2D eigenvalue weighted by Gasteiger charge is 2.28. The van der Waals surface area contributed by atoms with E-state index in [0.29, 0.717) is 6.54 Å². The molecule has 1 unspecified atom stereocenters. The zero-order chi connectivity index (χ0) is 12.3. The molecule has 2 rings (SSSR count). The standard InChI is InChI=1S/C13H17NO3/c1-17-12-7-3-2-5-10(12)9-11-6-4-8-14(11)13(15)16/h2-3,5,7,11H,4,6,8-9H2,1H3,(H,15,16). The summed E-state index contributed by atoms with van der Waals surface area (Å²) in [6.45, 7) is 0.648. The fraction of sp³-hybridized carbons (Fsp3) is 0.462. The largest absolute Gasteiger partial charge is 0.496 e. The van der Waals surface area contributed by atoms with Crippen molar-refractivity contribution in [3.05, 3.63) is 29.8 Å². The molecule has 1 aliphatic heterocycles. The number of ether oxygens (including phenoxy) is 1. The van der Waals surface area contributed by atoms with Gasteiger partial charge in [0.1, 0.15) is 5.75 Å². The lowest BCUT2D eigenvalue weighted by molar-refractivity contribution is 0.140. The molecule has 0 aromatic heterocycles. The van der Waals surface area contributed by atoms with E-state index in [1.807, 2.05) is 24.3 Å². The van der Waals surface area contributed by atoms with Crippen LogP contribution < -0.4 is 4.74 Å². The second-order valence-electron chi connectivity index (χ2n) is 4.29. The summed E-state index contributed by atoms with van der Waals surface area (Å²) in [5.74, 6) is 0.838. The number of likely N-dealkylation sites (tertiary alicyclic amines) is 1. The SMILES string of the molecule is COc1ccccc1CC1CCCN1C(=O)O. The van der Waals surface area contributed by atoms with E-state index in [2.05, 4.69) is 0 Å². The number of rotatable bonds is 3.